The number of nitrogen functional groups attached to an aromatic ring is 1. The Bertz CT molecular complexity index is 737. The normalized spacial score (nSPS) is 16.9. The number of thiazole rings is 1. The van der Waals surface area contributed by atoms with E-state index >= 15 is 0 Å². The van der Waals surface area contributed by atoms with Gasteiger partial charge in [-0.05, 0) is 49.4 Å². The number of amides is 1. The maximum absolute atomic E-state index is 12.6. The van der Waals surface area contributed by atoms with Crippen LogP contribution in [0.3, 0.4) is 0 Å². The van der Waals surface area contributed by atoms with E-state index in [9.17, 15) is 4.79 Å². The maximum Gasteiger partial charge on any atom is 0.228 e. The summed E-state index contributed by atoms with van der Waals surface area (Å²) in [6.07, 6.45) is 2.68. The molecule has 1 amide bonds. The first kappa shape index (κ1) is 16.6. The molecule has 0 bridgehead atoms. The zero-order valence-electron chi connectivity index (χ0n) is 12.7. The third-order valence-electron chi connectivity index (χ3n) is 4.11. The van der Waals surface area contributed by atoms with E-state index in [2.05, 4.69) is 10.3 Å². The summed E-state index contributed by atoms with van der Waals surface area (Å²) in [7, 11) is 0. The van der Waals surface area contributed by atoms with E-state index in [1.165, 1.54) is 11.3 Å². The summed E-state index contributed by atoms with van der Waals surface area (Å²) < 4.78 is 0. The zero-order valence-corrected chi connectivity index (χ0v) is 15.0. The average molecular weight is 370 g/mol. The fraction of sp³-hybridized carbons (Fsp3) is 0.375. The molecule has 1 unspecified atom stereocenters. The molecule has 0 aliphatic heterocycles. The van der Waals surface area contributed by atoms with Gasteiger partial charge in [0, 0.05) is 21.5 Å². The molecule has 0 radical (unpaired) electrons. The summed E-state index contributed by atoms with van der Waals surface area (Å²) >= 11 is 13.6. The van der Waals surface area contributed by atoms with Crippen molar-refractivity contribution in [3.05, 3.63) is 43.9 Å². The minimum Gasteiger partial charge on any atom is -0.375 e. The van der Waals surface area contributed by atoms with Crippen LogP contribution in [0.1, 0.15) is 40.5 Å². The molecule has 1 aliphatic carbocycles. The summed E-state index contributed by atoms with van der Waals surface area (Å²) in [5, 5.41) is 4.69. The van der Waals surface area contributed by atoms with Gasteiger partial charge in [0.2, 0.25) is 5.91 Å². The third kappa shape index (κ3) is 3.47. The lowest BCUT2D eigenvalue weighted by atomic mass is 9.91. The summed E-state index contributed by atoms with van der Waals surface area (Å²) in [5.74, 6) is -0.167. The number of carbonyl (C=O) groups is 1. The lowest BCUT2D eigenvalue weighted by Gasteiger charge is -2.21. The van der Waals surface area contributed by atoms with Gasteiger partial charge < -0.3 is 11.1 Å². The first-order valence-electron chi connectivity index (χ1n) is 7.43. The number of nitrogens with two attached hydrogens (primary N) is 1. The van der Waals surface area contributed by atoms with Gasteiger partial charge in [-0.3, -0.25) is 4.79 Å². The molecule has 0 saturated heterocycles. The second-order valence-corrected chi connectivity index (χ2v) is 7.61. The van der Waals surface area contributed by atoms with Crippen molar-refractivity contribution in [1.82, 2.24) is 10.3 Å². The number of carbonyl (C=O) groups excluding carboxylic acids is 1. The van der Waals surface area contributed by atoms with Crippen LogP contribution in [-0.2, 0) is 17.8 Å². The second kappa shape index (κ2) is 6.67. The third-order valence-corrected chi connectivity index (χ3v) is 5.70. The summed E-state index contributed by atoms with van der Waals surface area (Å²) in [6, 6.07) is 3.54. The highest BCUT2D eigenvalue weighted by molar-refractivity contribution is 7.15. The molecule has 1 aliphatic rings. The van der Waals surface area contributed by atoms with Crippen LogP contribution < -0.4 is 11.1 Å². The molecule has 3 rings (SSSR count). The molecule has 122 valence electrons. The average Bonchev–Trinajstić information content (AvgIpc) is 2.85. The van der Waals surface area contributed by atoms with Crippen LogP contribution in [-0.4, -0.2) is 10.9 Å². The fourth-order valence-electron chi connectivity index (χ4n) is 2.94. The molecule has 1 heterocycles. The van der Waals surface area contributed by atoms with Gasteiger partial charge in [0.15, 0.2) is 5.13 Å². The largest absolute Gasteiger partial charge is 0.375 e. The van der Waals surface area contributed by atoms with Crippen molar-refractivity contribution >= 4 is 45.6 Å². The Kier molecular flexibility index (Phi) is 4.80. The number of hydrogen-bond acceptors (Lipinski definition) is 4. The fourth-order valence-corrected chi connectivity index (χ4v) is 4.62. The van der Waals surface area contributed by atoms with Crippen molar-refractivity contribution < 1.29 is 4.79 Å². The Morgan fingerprint density at radius 3 is 3.00 bits per heavy atom. The first-order chi connectivity index (χ1) is 11.0. The quantitative estimate of drug-likeness (QED) is 0.856. The lowest BCUT2D eigenvalue weighted by molar-refractivity contribution is -0.123. The number of anilines is 1. The molecule has 0 spiro atoms. The summed E-state index contributed by atoms with van der Waals surface area (Å²) in [5.41, 5.74) is 8.62. The van der Waals surface area contributed by atoms with Crippen LogP contribution >= 0.6 is 34.5 Å². The first-order valence-corrected chi connectivity index (χ1v) is 9.00. The summed E-state index contributed by atoms with van der Waals surface area (Å²) in [4.78, 5) is 17.9. The number of nitrogens with one attached hydrogen (secondary N) is 1. The van der Waals surface area contributed by atoms with Gasteiger partial charge in [-0.25, -0.2) is 4.98 Å². The van der Waals surface area contributed by atoms with Crippen LogP contribution in [0.5, 0.6) is 0 Å². The number of aryl methyl sites for hydroxylation is 2. The van der Waals surface area contributed by atoms with Gasteiger partial charge in [0.1, 0.15) is 0 Å². The Balaban J connectivity index is 1.74. The molecule has 0 saturated carbocycles. The Morgan fingerprint density at radius 2 is 2.26 bits per heavy atom. The van der Waals surface area contributed by atoms with E-state index in [0.29, 0.717) is 21.7 Å². The highest BCUT2D eigenvalue weighted by Crippen LogP contribution is 2.37. The van der Waals surface area contributed by atoms with Crippen LogP contribution in [0.25, 0.3) is 0 Å². The molecule has 3 N–H and O–H groups in total. The molecule has 23 heavy (non-hydrogen) atoms. The lowest BCUT2D eigenvalue weighted by Crippen LogP contribution is -2.30. The second-order valence-electron chi connectivity index (χ2n) is 5.71. The number of halogens is 2. The number of rotatable bonds is 3. The monoisotopic (exact) mass is 369 g/mol. The van der Waals surface area contributed by atoms with E-state index in [1.807, 2.05) is 13.0 Å². The van der Waals surface area contributed by atoms with Gasteiger partial charge in [-0.15, -0.1) is 11.3 Å². The molecular formula is C16H17Cl2N3OS. The van der Waals surface area contributed by atoms with Gasteiger partial charge in [0.05, 0.1) is 11.6 Å². The van der Waals surface area contributed by atoms with Crippen LogP contribution in [0.4, 0.5) is 5.13 Å². The highest BCUT2D eigenvalue weighted by atomic mass is 35.5. The van der Waals surface area contributed by atoms with Crippen LogP contribution in [0.2, 0.25) is 10.0 Å². The number of nitrogens with zero attached hydrogens (tertiary/aromatic N) is 1. The number of benzene rings is 1. The predicted molar refractivity (Wildman–Crippen MR) is 95.3 cm³/mol. The van der Waals surface area contributed by atoms with Gasteiger partial charge in [-0.1, -0.05) is 23.2 Å². The van der Waals surface area contributed by atoms with Crippen molar-refractivity contribution in [3.8, 4) is 0 Å². The van der Waals surface area contributed by atoms with Crippen molar-refractivity contribution in [2.75, 3.05) is 5.73 Å². The van der Waals surface area contributed by atoms with Gasteiger partial charge in [0.25, 0.3) is 0 Å². The SMILES string of the molecule is Cc1cc(Cl)cc(Cl)c1CNC(=O)C1CCCc2nc(N)sc21. The molecule has 0 fully saturated rings. The minimum atomic E-state index is -0.167. The highest BCUT2D eigenvalue weighted by Gasteiger charge is 2.29. The number of fused-ring (bicyclic) bond motifs is 1. The topological polar surface area (TPSA) is 68.0 Å². The number of aromatic nitrogens is 1. The molecular weight excluding hydrogens is 353 g/mol. The minimum absolute atomic E-state index is 0.0000154. The van der Waals surface area contributed by atoms with Crippen LogP contribution in [0, 0.1) is 6.92 Å². The molecule has 1 atom stereocenters. The van der Waals surface area contributed by atoms with E-state index < -0.39 is 0 Å². The van der Waals surface area contributed by atoms with Crippen LogP contribution in [0.15, 0.2) is 12.1 Å². The van der Waals surface area contributed by atoms with E-state index in [4.69, 9.17) is 28.9 Å². The standard InChI is InChI=1S/C16H17Cl2N3OS/c1-8-5-9(17)6-12(18)11(8)7-20-15(22)10-3-2-4-13-14(10)23-16(19)21-13/h5-6,10H,2-4,7H2,1H3,(H2,19,21)(H,20,22). The van der Waals surface area contributed by atoms with E-state index in [-0.39, 0.29) is 11.8 Å². The Labute approximate surface area is 149 Å². The smallest absolute Gasteiger partial charge is 0.228 e. The zero-order chi connectivity index (χ0) is 16.6. The van der Waals surface area contributed by atoms with Crippen molar-refractivity contribution in [3.63, 3.8) is 0 Å². The van der Waals surface area contributed by atoms with Crippen molar-refractivity contribution in [2.24, 2.45) is 0 Å². The molecule has 4 nitrogen and oxygen atoms in total. The predicted octanol–water partition coefficient (Wildman–Crippen LogP) is 4.08. The molecule has 7 heteroatoms. The number of hydrogen-bond donors (Lipinski definition) is 2. The van der Waals surface area contributed by atoms with E-state index in [1.54, 1.807) is 6.07 Å². The Hall–Kier alpha value is -1.30. The van der Waals surface area contributed by atoms with Gasteiger partial charge in [-0.2, -0.15) is 0 Å². The summed E-state index contributed by atoms with van der Waals surface area (Å²) in [6.45, 7) is 2.32. The van der Waals surface area contributed by atoms with E-state index in [0.717, 1.165) is 41.0 Å². The maximum atomic E-state index is 12.6. The molecule has 1 aromatic carbocycles. The molecule has 1 aromatic heterocycles. The van der Waals surface area contributed by atoms with Gasteiger partial charge >= 0.3 is 0 Å². The Morgan fingerprint density at radius 1 is 1.48 bits per heavy atom. The van der Waals surface area contributed by atoms with Crippen molar-refractivity contribution in [2.45, 2.75) is 38.6 Å². The molecule has 2 aromatic rings. The van der Waals surface area contributed by atoms with Crippen molar-refractivity contribution in [1.29, 1.82) is 0 Å².